The van der Waals surface area contributed by atoms with Gasteiger partial charge in [0, 0.05) is 58.0 Å². The highest BCUT2D eigenvalue weighted by Gasteiger charge is 2.28. The maximum absolute atomic E-state index is 5.46. The summed E-state index contributed by atoms with van der Waals surface area (Å²) in [7, 11) is 3.98. The number of hydrogen-bond donors (Lipinski definition) is 2. The van der Waals surface area contributed by atoms with Gasteiger partial charge in [-0.15, -0.1) is 24.0 Å². The van der Waals surface area contributed by atoms with E-state index in [1.54, 1.807) is 0 Å². The number of halogens is 1. The van der Waals surface area contributed by atoms with E-state index in [1.165, 1.54) is 5.69 Å². The molecule has 1 saturated heterocycles. The average molecular weight is 503 g/mol. The molecule has 0 unspecified atom stereocenters. The van der Waals surface area contributed by atoms with Gasteiger partial charge in [0.05, 0.1) is 13.2 Å². The molecule has 0 amide bonds. The minimum atomic E-state index is 0. The Morgan fingerprint density at radius 2 is 1.82 bits per heavy atom. The summed E-state index contributed by atoms with van der Waals surface area (Å²) >= 11 is 0. The third-order valence-corrected chi connectivity index (χ3v) is 5.19. The summed E-state index contributed by atoms with van der Waals surface area (Å²) < 4.78 is 5.46. The molecule has 0 atom stereocenters. The molecule has 0 saturated carbocycles. The Bertz CT molecular complexity index is 561. The Hall–Kier alpha value is -1.06. The Morgan fingerprint density at radius 3 is 2.46 bits per heavy atom. The van der Waals surface area contributed by atoms with Crippen LogP contribution in [-0.4, -0.2) is 76.4 Å². The molecule has 0 radical (unpaired) electrons. The van der Waals surface area contributed by atoms with E-state index in [-0.39, 0.29) is 29.5 Å². The normalized spacial score (nSPS) is 15.6. The molecule has 1 aliphatic rings. The number of hydrogen-bond acceptors (Lipinski definition) is 4. The predicted molar refractivity (Wildman–Crippen MR) is 130 cm³/mol. The Balaban J connectivity index is 0.00000392. The maximum atomic E-state index is 5.46. The molecule has 1 aromatic carbocycles. The number of aliphatic imine (C=N–C) groups is 1. The molecule has 0 spiro atoms. The van der Waals surface area contributed by atoms with Crippen LogP contribution in [0.2, 0.25) is 0 Å². The second-order valence-corrected chi connectivity index (χ2v) is 7.73. The highest BCUT2D eigenvalue weighted by molar-refractivity contribution is 14.0. The number of nitrogens with one attached hydrogen (secondary N) is 2. The number of unbranched alkanes of at least 4 members (excludes halogenated alkanes) is 1. The van der Waals surface area contributed by atoms with Gasteiger partial charge >= 0.3 is 0 Å². The van der Waals surface area contributed by atoms with Crippen LogP contribution in [0.1, 0.15) is 26.7 Å². The van der Waals surface area contributed by atoms with Crippen molar-refractivity contribution in [1.29, 1.82) is 0 Å². The zero-order valence-corrected chi connectivity index (χ0v) is 20.2. The Kier molecular flexibility index (Phi) is 11.8. The number of rotatable bonds is 9. The van der Waals surface area contributed by atoms with Crippen LogP contribution in [-0.2, 0) is 4.74 Å². The molecular weight excluding hydrogens is 465 g/mol. The average Bonchev–Trinajstić information content (AvgIpc) is 2.71. The topological polar surface area (TPSA) is 52.1 Å². The van der Waals surface area contributed by atoms with Gasteiger partial charge in [-0.05, 0) is 38.8 Å². The highest BCUT2D eigenvalue weighted by atomic mass is 127. The summed E-state index contributed by atoms with van der Waals surface area (Å²) in [5, 5.41) is 6.91. The zero-order chi connectivity index (χ0) is 19.5. The fraction of sp³-hybridized carbons (Fsp3) is 0.667. The van der Waals surface area contributed by atoms with Crippen molar-refractivity contribution in [2.75, 3.05) is 64.9 Å². The lowest BCUT2D eigenvalue weighted by molar-refractivity contribution is -0.00833. The second-order valence-electron chi connectivity index (χ2n) is 7.73. The van der Waals surface area contributed by atoms with E-state index in [4.69, 9.17) is 4.74 Å². The first kappa shape index (κ1) is 25.0. The van der Waals surface area contributed by atoms with Crippen molar-refractivity contribution in [2.24, 2.45) is 4.99 Å². The SMILES string of the molecule is CN=C(NCCCCN(C)c1ccccc1)NCC(C)(C)N1CCOCC1.I. The molecule has 1 aliphatic heterocycles. The van der Waals surface area contributed by atoms with Crippen molar-refractivity contribution in [3.8, 4) is 0 Å². The van der Waals surface area contributed by atoms with Crippen molar-refractivity contribution in [3.05, 3.63) is 30.3 Å². The van der Waals surface area contributed by atoms with Crippen LogP contribution in [0, 0.1) is 0 Å². The van der Waals surface area contributed by atoms with Crippen LogP contribution >= 0.6 is 24.0 Å². The number of nitrogens with zero attached hydrogens (tertiary/aromatic N) is 3. The predicted octanol–water partition coefficient (Wildman–Crippen LogP) is 2.80. The third kappa shape index (κ3) is 8.53. The van der Waals surface area contributed by atoms with Crippen LogP contribution in [0.3, 0.4) is 0 Å². The largest absolute Gasteiger partial charge is 0.379 e. The van der Waals surface area contributed by atoms with Gasteiger partial charge in [-0.3, -0.25) is 9.89 Å². The van der Waals surface area contributed by atoms with Crippen molar-refractivity contribution >= 4 is 35.6 Å². The maximum Gasteiger partial charge on any atom is 0.191 e. The van der Waals surface area contributed by atoms with E-state index in [0.29, 0.717) is 0 Å². The molecule has 1 fully saturated rings. The van der Waals surface area contributed by atoms with Crippen LogP contribution in [0.5, 0.6) is 0 Å². The molecule has 0 aliphatic carbocycles. The summed E-state index contributed by atoms with van der Waals surface area (Å²) in [6.07, 6.45) is 2.26. The lowest BCUT2D eigenvalue weighted by Gasteiger charge is -2.41. The Labute approximate surface area is 188 Å². The monoisotopic (exact) mass is 503 g/mol. The lowest BCUT2D eigenvalue weighted by Crippen LogP contribution is -2.56. The van der Waals surface area contributed by atoms with E-state index in [2.05, 4.69) is 76.7 Å². The molecule has 0 bridgehead atoms. The summed E-state index contributed by atoms with van der Waals surface area (Å²) in [5.41, 5.74) is 1.35. The van der Waals surface area contributed by atoms with Crippen molar-refractivity contribution < 1.29 is 4.74 Å². The number of para-hydroxylation sites is 1. The van der Waals surface area contributed by atoms with E-state index >= 15 is 0 Å². The minimum absolute atomic E-state index is 0. The van der Waals surface area contributed by atoms with Gasteiger partial charge < -0.3 is 20.3 Å². The summed E-state index contributed by atoms with van der Waals surface area (Å²) in [6.45, 7) is 11.1. The van der Waals surface area contributed by atoms with E-state index < -0.39 is 0 Å². The summed E-state index contributed by atoms with van der Waals surface area (Å²) in [5.74, 6) is 0.882. The molecule has 2 N–H and O–H groups in total. The number of morpholine rings is 1. The first-order valence-electron chi connectivity index (χ1n) is 10.1. The molecule has 160 valence electrons. The molecule has 2 rings (SSSR count). The van der Waals surface area contributed by atoms with Crippen molar-refractivity contribution in [1.82, 2.24) is 15.5 Å². The quantitative estimate of drug-likeness (QED) is 0.235. The Morgan fingerprint density at radius 1 is 1.14 bits per heavy atom. The summed E-state index contributed by atoms with van der Waals surface area (Å²) in [6, 6.07) is 10.5. The first-order chi connectivity index (χ1) is 13.0. The van der Waals surface area contributed by atoms with Crippen LogP contribution in [0.25, 0.3) is 0 Å². The highest BCUT2D eigenvalue weighted by Crippen LogP contribution is 2.15. The van der Waals surface area contributed by atoms with Gasteiger partial charge in [0.2, 0.25) is 0 Å². The number of ether oxygens (including phenoxy) is 1. The lowest BCUT2D eigenvalue weighted by atomic mass is 10.0. The summed E-state index contributed by atoms with van der Waals surface area (Å²) in [4.78, 5) is 9.14. The van der Waals surface area contributed by atoms with Crippen LogP contribution in [0.4, 0.5) is 5.69 Å². The van der Waals surface area contributed by atoms with Gasteiger partial charge in [0.1, 0.15) is 0 Å². The molecular formula is C21H38IN5O. The number of anilines is 1. The molecule has 0 aromatic heterocycles. The van der Waals surface area contributed by atoms with Gasteiger partial charge in [0.15, 0.2) is 5.96 Å². The van der Waals surface area contributed by atoms with Crippen molar-refractivity contribution in [3.63, 3.8) is 0 Å². The first-order valence-corrected chi connectivity index (χ1v) is 10.1. The standard InChI is InChI=1S/C21H37N5O.HI/c1-21(2,26-14-16-27-17-15-26)18-24-20(22-3)23-12-8-9-13-25(4)19-10-6-5-7-11-19;/h5-7,10-11H,8-9,12-18H2,1-4H3,(H2,22,23,24);1H. The molecule has 6 nitrogen and oxygen atoms in total. The second kappa shape index (κ2) is 13.2. The molecule has 7 heteroatoms. The number of guanidine groups is 1. The zero-order valence-electron chi connectivity index (χ0n) is 17.9. The van der Waals surface area contributed by atoms with E-state index in [0.717, 1.165) is 64.7 Å². The molecule has 28 heavy (non-hydrogen) atoms. The van der Waals surface area contributed by atoms with Gasteiger partial charge in [-0.25, -0.2) is 0 Å². The van der Waals surface area contributed by atoms with Gasteiger partial charge in [-0.2, -0.15) is 0 Å². The van der Waals surface area contributed by atoms with E-state index in [9.17, 15) is 0 Å². The van der Waals surface area contributed by atoms with Crippen LogP contribution < -0.4 is 15.5 Å². The number of benzene rings is 1. The molecule has 1 aromatic rings. The fourth-order valence-electron chi connectivity index (χ4n) is 3.29. The molecule has 1 heterocycles. The van der Waals surface area contributed by atoms with Gasteiger partial charge in [-0.1, -0.05) is 18.2 Å². The minimum Gasteiger partial charge on any atom is -0.379 e. The van der Waals surface area contributed by atoms with E-state index in [1.807, 2.05) is 7.05 Å². The van der Waals surface area contributed by atoms with Crippen LogP contribution in [0.15, 0.2) is 35.3 Å². The fourth-order valence-corrected chi connectivity index (χ4v) is 3.29. The van der Waals surface area contributed by atoms with Gasteiger partial charge in [0.25, 0.3) is 0 Å². The van der Waals surface area contributed by atoms with Crippen molar-refractivity contribution in [2.45, 2.75) is 32.2 Å². The smallest absolute Gasteiger partial charge is 0.191 e. The third-order valence-electron chi connectivity index (χ3n) is 5.19.